The van der Waals surface area contributed by atoms with Gasteiger partial charge in [-0.2, -0.15) is 13.2 Å². The van der Waals surface area contributed by atoms with Gasteiger partial charge in [0.2, 0.25) is 10.0 Å². The first kappa shape index (κ1) is 28.1. The molecule has 0 rings (SSSR count). The molecule has 0 aliphatic heterocycles. The highest BCUT2D eigenvalue weighted by Gasteiger charge is 2.48. The van der Waals surface area contributed by atoms with Crippen molar-refractivity contribution in [1.29, 1.82) is 0 Å². The molecule has 0 saturated heterocycles. The molecule has 0 atom stereocenters. The van der Waals surface area contributed by atoms with E-state index in [4.69, 9.17) is 0 Å². The molecular formula is C13H19F5N2O8S2. The molecule has 0 saturated carbocycles. The number of carbonyl (C=O) groups is 2. The number of rotatable bonds is 13. The fourth-order valence-electron chi connectivity index (χ4n) is 1.44. The first-order valence-electron chi connectivity index (χ1n) is 7.84. The molecule has 30 heavy (non-hydrogen) atoms. The van der Waals surface area contributed by atoms with Crippen molar-refractivity contribution in [2.45, 2.75) is 24.8 Å². The van der Waals surface area contributed by atoms with Crippen LogP contribution in [0.2, 0.25) is 0 Å². The Hall–Kier alpha value is -1.85. The topological polar surface area (TPSA) is 145 Å². The van der Waals surface area contributed by atoms with Crippen molar-refractivity contribution in [2.75, 3.05) is 32.1 Å². The minimum absolute atomic E-state index is 0.250. The van der Waals surface area contributed by atoms with E-state index in [1.165, 1.54) is 0 Å². The summed E-state index contributed by atoms with van der Waals surface area (Å²) >= 11 is 0. The van der Waals surface area contributed by atoms with Gasteiger partial charge in [0, 0.05) is 5.57 Å². The van der Waals surface area contributed by atoms with Crippen LogP contribution in [0.3, 0.4) is 0 Å². The first-order chi connectivity index (χ1) is 13.4. The zero-order valence-electron chi connectivity index (χ0n) is 15.4. The minimum Gasteiger partial charge on any atom is -0.461 e. The maximum atomic E-state index is 13.3. The van der Waals surface area contributed by atoms with E-state index in [2.05, 4.69) is 21.4 Å². The van der Waals surface area contributed by atoms with Crippen molar-refractivity contribution in [3.8, 4) is 0 Å². The van der Waals surface area contributed by atoms with Crippen LogP contribution in [0.4, 0.5) is 22.0 Å². The molecule has 0 aromatic rings. The number of hydrogen-bond acceptors (Lipinski definition) is 9. The SMILES string of the molecule is C=C(CC(=O)OCC(F)(F)CNCC)C(=O)OCCS(=O)(=O)NS(=O)(=O)C(F)(F)F. The molecule has 0 unspecified atom stereocenters. The second-order valence-electron chi connectivity index (χ2n) is 5.56. The van der Waals surface area contributed by atoms with Crippen LogP contribution < -0.4 is 9.44 Å². The molecule has 0 aliphatic rings. The Balaban J connectivity index is 4.49. The smallest absolute Gasteiger partial charge is 0.461 e. The molecule has 0 bridgehead atoms. The maximum Gasteiger partial charge on any atom is 0.512 e. The summed E-state index contributed by atoms with van der Waals surface area (Å²) in [5.74, 6) is -7.37. The molecule has 17 heteroatoms. The van der Waals surface area contributed by atoms with Crippen molar-refractivity contribution in [1.82, 2.24) is 9.44 Å². The van der Waals surface area contributed by atoms with E-state index in [9.17, 15) is 48.4 Å². The van der Waals surface area contributed by atoms with Gasteiger partial charge in [0.1, 0.15) is 6.61 Å². The normalized spacial score (nSPS) is 13.0. The van der Waals surface area contributed by atoms with E-state index in [0.29, 0.717) is 4.13 Å². The highest BCUT2D eigenvalue weighted by atomic mass is 32.3. The predicted molar refractivity (Wildman–Crippen MR) is 91.1 cm³/mol. The van der Waals surface area contributed by atoms with E-state index in [-0.39, 0.29) is 6.54 Å². The van der Waals surface area contributed by atoms with Crippen molar-refractivity contribution < 1.29 is 57.9 Å². The Labute approximate surface area is 168 Å². The molecular weight excluding hydrogens is 471 g/mol. The molecule has 10 nitrogen and oxygen atoms in total. The summed E-state index contributed by atoms with van der Waals surface area (Å²) in [6, 6.07) is 0. The fourth-order valence-corrected chi connectivity index (χ4v) is 3.80. The van der Waals surface area contributed by atoms with Crippen molar-refractivity contribution in [3.05, 3.63) is 12.2 Å². The monoisotopic (exact) mass is 490 g/mol. The molecule has 0 aromatic heterocycles. The summed E-state index contributed by atoms with van der Waals surface area (Å²) < 4.78 is 116. The first-order valence-corrected chi connectivity index (χ1v) is 11.0. The lowest BCUT2D eigenvalue weighted by atomic mass is 10.2. The fraction of sp³-hybridized carbons (Fsp3) is 0.692. The van der Waals surface area contributed by atoms with Gasteiger partial charge in [0.25, 0.3) is 5.92 Å². The van der Waals surface area contributed by atoms with Crippen LogP contribution in [-0.2, 0) is 39.1 Å². The van der Waals surface area contributed by atoms with Gasteiger partial charge < -0.3 is 14.8 Å². The van der Waals surface area contributed by atoms with E-state index in [0.717, 1.165) is 0 Å². The summed E-state index contributed by atoms with van der Waals surface area (Å²) in [4.78, 5) is 23.0. The molecule has 0 radical (unpaired) electrons. The zero-order chi connectivity index (χ0) is 23.8. The molecule has 0 aromatic carbocycles. The van der Waals surface area contributed by atoms with Crippen LogP contribution in [0.1, 0.15) is 13.3 Å². The van der Waals surface area contributed by atoms with Crippen LogP contribution in [0.5, 0.6) is 0 Å². The van der Waals surface area contributed by atoms with Gasteiger partial charge in [-0.3, -0.25) is 4.79 Å². The van der Waals surface area contributed by atoms with Crippen molar-refractivity contribution in [3.63, 3.8) is 0 Å². The summed E-state index contributed by atoms with van der Waals surface area (Å²) in [5, 5.41) is 2.34. The molecule has 2 N–H and O–H groups in total. The molecule has 0 aliphatic carbocycles. The lowest BCUT2D eigenvalue weighted by Crippen LogP contribution is -2.41. The molecule has 0 amide bonds. The van der Waals surface area contributed by atoms with Crippen LogP contribution in [0, 0.1) is 0 Å². The van der Waals surface area contributed by atoms with Gasteiger partial charge in [0.05, 0.1) is 18.7 Å². The number of esters is 2. The lowest BCUT2D eigenvalue weighted by molar-refractivity contribution is -0.155. The second-order valence-corrected chi connectivity index (χ2v) is 9.34. The summed E-state index contributed by atoms with van der Waals surface area (Å²) in [7, 11) is -11.2. The third-order valence-corrected chi connectivity index (χ3v) is 6.06. The standard InChI is InChI=1S/C13H19F5N2O8S2/c1-3-19-7-12(14,15)8-28-10(21)6-9(2)11(22)27-4-5-29(23,24)20-30(25,26)13(16,17)18/h19-20H,2-8H2,1H3. The third kappa shape index (κ3) is 10.8. The Morgan fingerprint density at radius 1 is 1.03 bits per heavy atom. The van der Waals surface area contributed by atoms with E-state index < -0.39 is 80.9 Å². The largest absolute Gasteiger partial charge is 0.512 e. The Morgan fingerprint density at radius 3 is 2.10 bits per heavy atom. The predicted octanol–water partition coefficient (Wildman–Crippen LogP) is 0.0329. The maximum absolute atomic E-state index is 13.3. The molecule has 0 fully saturated rings. The number of nitrogens with one attached hydrogen (secondary N) is 2. The van der Waals surface area contributed by atoms with E-state index in [1.807, 2.05) is 0 Å². The van der Waals surface area contributed by atoms with Gasteiger partial charge in [-0.1, -0.05) is 13.5 Å². The van der Waals surface area contributed by atoms with Crippen LogP contribution >= 0.6 is 0 Å². The zero-order valence-corrected chi connectivity index (χ0v) is 17.1. The Bertz CT molecular complexity index is 840. The highest BCUT2D eigenvalue weighted by molar-refractivity contribution is 8.05. The molecule has 0 heterocycles. The number of carbonyl (C=O) groups excluding carboxylic acids is 2. The number of sulfonamides is 2. The third-order valence-electron chi connectivity index (χ3n) is 2.85. The summed E-state index contributed by atoms with van der Waals surface area (Å²) in [6.45, 7) is 1.81. The van der Waals surface area contributed by atoms with E-state index >= 15 is 0 Å². The van der Waals surface area contributed by atoms with Gasteiger partial charge >= 0.3 is 27.5 Å². The lowest BCUT2D eigenvalue weighted by Gasteiger charge is -2.16. The van der Waals surface area contributed by atoms with Gasteiger partial charge in [-0.15, -0.1) is 4.13 Å². The van der Waals surface area contributed by atoms with Crippen LogP contribution in [0.25, 0.3) is 0 Å². The quantitative estimate of drug-likeness (QED) is 0.208. The highest BCUT2D eigenvalue weighted by Crippen LogP contribution is 2.22. The van der Waals surface area contributed by atoms with Gasteiger partial charge in [-0.25, -0.2) is 30.4 Å². The Morgan fingerprint density at radius 2 is 1.60 bits per heavy atom. The average molecular weight is 490 g/mol. The number of ether oxygens (including phenoxy) is 2. The Kier molecular flexibility index (Phi) is 10.3. The molecule has 176 valence electrons. The second kappa shape index (κ2) is 11.0. The van der Waals surface area contributed by atoms with Crippen molar-refractivity contribution >= 4 is 32.0 Å². The average Bonchev–Trinajstić information content (AvgIpc) is 2.56. The summed E-state index contributed by atoms with van der Waals surface area (Å²) in [6.07, 6.45) is -0.885. The molecule has 0 spiro atoms. The number of hydrogen-bond donors (Lipinski definition) is 2. The van der Waals surface area contributed by atoms with Crippen molar-refractivity contribution in [2.24, 2.45) is 0 Å². The minimum atomic E-state index is -6.19. The van der Waals surface area contributed by atoms with Gasteiger partial charge in [0.15, 0.2) is 6.61 Å². The number of alkyl halides is 5. The van der Waals surface area contributed by atoms with Gasteiger partial charge in [-0.05, 0) is 6.54 Å². The van der Waals surface area contributed by atoms with E-state index in [1.54, 1.807) is 6.92 Å². The van der Waals surface area contributed by atoms with Crippen LogP contribution in [0.15, 0.2) is 12.2 Å². The number of halogens is 5. The van der Waals surface area contributed by atoms with Crippen LogP contribution in [-0.4, -0.2) is 72.3 Å². The summed E-state index contributed by atoms with van der Waals surface area (Å²) in [5.41, 5.74) is -6.50.